The maximum atomic E-state index is 11.7. The predicted octanol–water partition coefficient (Wildman–Crippen LogP) is 2.91. The number of carbonyl (C=O) groups excluding carboxylic acids is 1. The molecule has 0 saturated heterocycles. The van der Waals surface area contributed by atoms with Crippen LogP contribution in [-0.2, 0) is 6.42 Å². The van der Waals surface area contributed by atoms with Crippen molar-refractivity contribution in [2.75, 3.05) is 0 Å². The van der Waals surface area contributed by atoms with Crippen LogP contribution in [0.5, 0.6) is 0 Å². The summed E-state index contributed by atoms with van der Waals surface area (Å²) in [4.78, 5) is 11.7. The second-order valence-electron chi connectivity index (χ2n) is 4.83. The van der Waals surface area contributed by atoms with Gasteiger partial charge in [-0.05, 0) is 49.7 Å². The Morgan fingerprint density at radius 2 is 2.00 bits per heavy atom. The molecule has 5 heteroatoms. The third kappa shape index (κ3) is 5.04. The number of aryl methyl sites for hydroxylation is 1. The Bertz CT molecular complexity index is 582. The van der Waals surface area contributed by atoms with Crippen molar-refractivity contribution in [3.8, 4) is 0 Å². The van der Waals surface area contributed by atoms with Crippen molar-refractivity contribution in [2.24, 2.45) is 0 Å². The fourth-order valence-corrected chi connectivity index (χ4v) is 2.23. The molecule has 0 spiro atoms. The number of carbonyl (C=O) groups is 1. The Labute approximate surface area is 129 Å². The molecule has 1 aromatic heterocycles. The van der Waals surface area contributed by atoms with Gasteiger partial charge in [0.15, 0.2) is 10.9 Å². The van der Waals surface area contributed by atoms with Crippen molar-refractivity contribution in [3.05, 3.63) is 60.1 Å². The van der Waals surface area contributed by atoms with Gasteiger partial charge in [0.25, 0.3) is 5.91 Å². The molecule has 0 saturated carbocycles. The first kappa shape index (κ1) is 15.3. The average Bonchev–Trinajstić information content (AvgIpc) is 3.00. The van der Waals surface area contributed by atoms with Gasteiger partial charge in [-0.2, -0.15) is 0 Å². The summed E-state index contributed by atoms with van der Waals surface area (Å²) in [5, 5.41) is 6.02. The lowest BCUT2D eigenvalue weighted by Gasteiger charge is -2.16. The number of thiocarbonyl (C=S) groups is 1. The van der Waals surface area contributed by atoms with E-state index in [4.69, 9.17) is 16.6 Å². The SMILES string of the molecule is C[C@@H](CCc1ccccc1)NC(=S)NC(=O)c1ccco1. The highest BCUT2D eigenvalue weighted by Crippen LogP contribution is 2.05. The first-order chi connectivity index (χ1) is 10.1. The molecule has 1 amide bonds. The van der Waals surface area contributed by atoms with Crippen LogP contribution in [0.1, 0.15) is 29.5 Å². The molecule has 0 bridgehead atoms. The minimum atomic E-state index is -0.340. The molecule has 2 aromatic rings. The number of hydrogen-bond acceptors (Lipinski definition) is 3. The first-order valence-electron chi connectivity index (χ1n) is 6.84. The normalized spacial score (nSPS) is 11.7. The minimum Gasteiger partial charge on any atom is -0.459 e. The molecular formula is C16H18N2O2S. The van der Waals surface area contributed by atoms with E-state index in [0.717, 1.165) is 12.8 Å². The van der Waals surface area contributed by atoms with Crippen LogP contribution in [-0.4, -0.2) is 17.1 Å². The fourth-order valence-electron chi connectivity index (χ4n) is 1.93. The number of hydrogen-bond donors (Lipinski definition) is 2. The lowest BCUT2D eigenvalue weighted by molar-refractivity contribution is 0.0949. The monoisotopic (exact) mass is 302 g/mol. The average molecular weight is 302 g/mol. The standard InChI is InChI=1S/C16H18N2O2S/c1-12(9-10-13-6-3-2-4-7-13)17-16(21)18-15(19)14-8-5-11-20-14/h2-8,11-12H,9-10H2,1H3,(H2,17,18,19,21)/t12-/m0/s1. The molecule has 0 radical (unpaired) electrons. The summed E-state index contributed by atoms with van der Waals surface area (Å²) < 4.78 is 5.01. The van der Waals surface area contributed by atoms with Crippen LogP contribution in [0, 0.1) is 0 Å². The highest BCUT2D eigenvalue weighted by atomic mass is 32.1. The molecule has 1 aromatic carbocycles. The van der Waals surface area contributed by atoms with Crippen LogP contribution < -0.4 is 10.6 Å². The van der Waals surface area contributed by atoms with Crippen molar-refractivity contribution < 1.29 is 9.21 Å². The van der Waals surface area contributed by atoms with E-state index < -0.39 is 0 Å². The van der Waals surface area contributed by atoms with Gasteiger partial charge in [-0.25, -0.2) is 0 Å². The fraction of sp³-hybridized carbons (Fsp3) is 0.250. The molecule has 1 heterocycles. The molecule has 21 heavy (non-hydrogen) atoms. The third-order valence-electron chi connectivity index (χ3n) is 3.06. The Kier molecular flexibility index (Phi) is 5.51. The quantitative estimate of drug-likeness (QED) is 0.834. The molecule has 0 fully saturated rings. The van der Waals surface area contributed by atoms with Gasteiger partial charge in [-0.1, -0.05) is 30.3 Å². The predicted molar refractivity (Wildman–Crippen MR) is 86.1 cm³/mol. The van der Waals surface area contributed by atoms with Crippen LogP contribution in [0.2, 0.25) is 0 Å². The Balaban J connectivity index is 1.73. The zero-order valence-corrected chi connectivity index (χ0v) is 12.7. The summed E-state index contributed by atoms with van der Waals surface area (Å²) in [5.41, 5.74) is 1.29. The molecule has 1 atom stereocenters. The van der Waals surface area contributed by atoms with E-state index in [2.05, 4.69) is 22.8 Å². The summed E-state index contributed by atoms with van der Waals surface area (Å²) in [6.45, 7) is 2.04. The van der Waals surface area contributed by atoms with Gasteiger partial charge in [0.05, 0.1) is 6.26 Å². The number of benzene rings is 1. The molecule has 0 unspecified atom stereocenters. The van der Waals surface area contributed by atoms with Crippen LogP contribution in [0.3, 0.4) is 0 Å². The summed E-state index contributed by atoms with van der Waals surface area (Å²) in [5.74, 6) is -0.0937. The Hall–Kier alpha value is -2.14. The van der Waals surface area contributed by atoms with Crippen LogP contribution in [0.4, 0.5) is 0 Å². The van der Waals surface area contributed by atoms with Gasteiger partial charge in [-0.3, -0.25) is 10.1 Å². The second-order valence-corrected chi connectivity index (χ2v) is 5.24. The summed E-state index contributed by atoms with van der Waals surface area (Å²) in [7, 11) is 0. The van der Waals surface area contributed by atoms with Crippen LogP contribution >= 0.6 is 12.2 Å². The highest BCUT2D eigenvalue weighted by molar-refractivity contribution is 7.80. The van der Waals surface area contributed by atoms with E-state index in [1.807, 2.05) is 25.1 Å². The van der Waals surface area contributed by atoms with E-state index in [1.54, 1.807) is 12.1 Å². The van der Waals surface area contributed by atoms with E-state index in [1.165, 1.54) is 11.8 Å². The van der Waals surface area contributed by atoms with E-state index in [-0.39, 0.29) is 17.7 Å². The summed E-state index contributed by atoms with van der Waals surface area (Å²) >= 11 is 5.13. The molecule has 4 nitrogen and oxygen atoms in total. The van der Waals surface area contributed by atoms with Crippen molar-refractivity contribution in [1.82, 2.24) is 10.6 Å². The molecule has 110 valence electrons. The van der Waals surface area contributed by atoms with E-state index in [9.17, 15) is 4.79 Å². The topological polar surface area (TPSA) is 54.3 Å². The molecule has 0 aliphatic rings. The lowest BCUT2D eigenvalue weighted by Crippen LogP contribution is -2.43. The third-order valence-corrected chi connectivity index (χ3v) is 3.28. The summed E-state index contributed by atoms with van der Waals surface area (Å²) in [6, 6.07) is 13.7. The van der Waals surface area contributed by atoms with Crippen molar-refractivity contribution in [2.45, 2.75) is 25.8 Å². The van der Waals surface area contributed by atoms with Crippen molar-refractivity contribution in [1.29, 1.82) is 0 Å². The Morgan fingerprint density at radius 1 is 1.24 bits per heavy atom. The van der Waals surface area contributed by atoms with Gasteiger partial charge in [0.1, 0.15) is 0 Å². The van der Waals surface area contributed by atoms with Gasteiger partial charge in [0, 0.05) is 6.04 Å². The number of amides is 1. The van der Waals surface area contributed by atoms with E-state index in [0.29, 0.717) is 5.11 Å². The number of nitrogens with one attached hydrogen (secondary N) is 2. The summed E-state index contributed by atoms with van der Waals surface area (Å²) in [6.07, 6.45) is 3.35. The van der Waals surface area contributed by atoms with Crippen molar-refractivity contribution >= 4 is 23.2 Å². The molecular weight excluding hydrogens is 284 g/mol. The highest BCUT2D eigenvalue weighted by Gasteiger charge is 2.11. The lowest BCUT2D eigenvalue weighted by atomic mass is 10.1. The van der Waals surface area contributed by atoms with Crippen molar-refractivity contribution in [3.63, 3.8) is 0 Å². The molecule has 0 aliphatic heterocycles. The van der Waals surface area contributed by atoms with Crippen LogP contribution in [0.25, 0.3) is 0 Å². The Morgan fingerprint density at radius 3 is 2.67 bits per heavy atom. The maximum Gasteiger partial charge on any atom is 0.293 e. The van der Waals surface area contributed by atoms with Gasteiger partial charge < -0.3 is 9.73 Å². The first-order valence-corrected chi connectivity index (χ1v) is 7.25. The molecule has 2 rings (SSSR count). The van der Waals surface area contributed by atoms with Gasteiger partial charge in [-0.15, -0.1) is 0 Å². The van der Waals surface area contributed by atoms with Gasteiger partial charge in [0.2, 0.25) is 0 Å². The molecule has 0 aliphatic carbocycles. The number of furan rings is 1. The largest absolute Gasteiger partial charge is 0.459 e. The van der Waals surface area contributed by atoms with Gasteiger partial charge >= 0.3 is 0 Å². The second kappa shape index (κ2) is 7.59. The number of rotatable bonds is 5. The molecule has 2 N–H and O–H groups in total. The zero-order valence-electron chi connectivity index (χ0n) is 11.8. The van der Waals surface area contributed by atoms with Crippen LogP contribution in [0.15, 0.2) is 53.1 Å². The smallest absolute Gasteiger partial charge is 0.293 e. The zero-order chi connectivity index (χ0) is 15.1. The maximum absolute atomic E-state index is 11.7. The minimum absolute atomic E-state index is 0.176. The van der Waals surface area contributed by atoms with E-state index >= 15 is 0 Å².